The lowest BCUT2D eigenvalue weighted by Gasteiger charge is -2.05. The fourth-order valence-corrected chi connectivity index (χ4v) is 1.17. The first-order chi connectivity index (χ1) is 4.46. The van der Waals surface area contributed by atoms with Crippen LogP contribution in [0.15, 0.2) is 12.3 Å². The standard InChI is InChI=1S/C8H17N2/c1-6(2)8(7(3)9)10(4)5/h6H,3,9H2,1-2,4-5H3/q+1. The van der Waals surface area contributed by atoms with Gasteiger partial charge >= 0.3 is 0 Å². The third kappa shape index (κ3) is 2.21. The first-order valence-electron chi connectivity index (χ1n) is 3.45. The van der Waals surface area contributed by atoms with Gasteiger partial charge in [0.2, 0.25) is 5.71 Å². The number of allylic oxidation sites excluding steroid dienone is 1. The highest BCUT2D eigenvalue weighted by Gasteiger charge is 2.13. The van der Waals surface area contributed by atoms with Gasteiger partial charge in [-0.25, -0.2) is 4.58 Å². The Kier molecular flexibility index (Phi) is 3.13. The molecule has 0 heterocycles. The molecule has 10 heavy (non-hydrogen) atoms. The Labute approximate surface area is 63.0 Å². The second kappa shape index (κ2) is 3.40. The Bertz CT molecular complexity index is 162. The summed E-state index contributed by atoms with van der Waals surface area (Å²) < 4.78 is 2.01. The van der Waals surface area contributed by atoms with Gasteiger partial charge in [0.05, 0.1) is 5.70 Å². The van der Waals surface area contributed by atoms with Crippen LogP contribution >= 0.6 is 0 Å². The van der Waals surface area contributed by atoms with E-state index in [0.29, 0.717) is 11.6 Å². The van der Waals surface area contributed by atoms with E-state index in [1.165, 1.54) is 0 Å². The van der Waals surface area contributed by atoms with E-state index < -0.39 is 0 Å². The quantitative estimate of drug-likeness (QED) is 0.448. The molecule has 0 aliphatic heterocycles. The van der Waals surface area contributed by atoms with E-state index >= 15 is 0 Å². The predicted molar refractivity (Wildman–Crippen MR) is 45.3 cm³/mol. The summed E-state index contributed by atoms with van der Waals surface area (Å²) in [6.07, 6.45) is 0. The lowest BCUT2D eigenvalue weighted by Crippen LogP contribution is -2.25. The fourth-order valence-electron chi connectivity index (χ4n) is 1.17. The summed E-state index contributed by atoms with van der Waals surface area (Å²) in [7, 11) is 3.96. The Morgan fingerprint density at radius 1 is 1.40 bits per heavy atom. The topological polar surface area (TPSA) is 29.0 Å². The molecule has 0 aromatic rings. The van der Waals surface area contributed by atoms with Crippen LogP contribution in [0.5, 0.6) is 0 Å². The zero-order chi connectivity index (χ0) is 8.31. The smallest absolute Gasteiger partial charge is 0.200 e. The second-order valence-electron chi connectivity index (χ2n) is 2.96. The molecule has 0 saturated carbocycles. The van der Waals surface area contributed by atoms with Crippen LogP contribution in [0, 0.1) is 5.92 Å². The van der Waals surface area contributed by atoms with Gasteiger partial charge in [0.15, 0.2) is 0 Å². The minimum Gasteiger partial charge on any atom is -0.394 e. The zero-order valence-electron chi connectivity index (χ0n) is 7.31. The van der Waals surface area contributed by atoms with E-state index in [4.69, 9.17) is 5.73 Å². The van der Waals surface area contributed by atoms with E-state index in [1.807, 2.05) is 18.7 Å². The summed E-state index contributed by atoms with van der Waals surface area (Å²) in [5.74, 6) is 0.451. The lowest BCUT2D eigenvalue weighted by atomic mass is 10.1. The molecule has 0 spiro atoms. The van der Waals surface area contributed by atoms with Gasteiger partial charge in [0, 0.05) is 5.92 Å². The predicted octanol–water partition coefficient (Wildman–Crippen LogP) is 0.828. The minimum absolute atomic E-state index is 0.451. The molecule has 2 N–H and O–H groups in total. The van der Waals surface area contributed by atoms with Crippen LogP contribution in [0.4, 0.5) is 0 Å². The molecule has 0 bridgehead atoms. The highest BCUT2D eigenvalue weighted by Crippen LogP contribution is 1.99. The highest BCUT2D eigenvalue weighted by molar-refractivity contribution is 5.96. The molecule has 58 valence electrons. The molecule has 0 aromatic heterocycles. The maximum atomic E-state index is 5.57. The maximum Gasteiger partial charge on any atom is 0.200 e. The van der Waals surface area contributed by atoms with Crippen LogP contribution < -0.4 is 5.73 Å². The van der Waals surface area contributed by atoms with Gasteiger partial charge in [-0.05, 0) is 0 Å². The molecule has 0 aliphatic rings. The largest absolute Gasteiger partial charge is 0.394 e. The van der Waals surface area contributed by atoms with Crippen molar-refractivity contribution in [2.24, 2.45) is 11.7 Å². The average molecular weight is 141 g/mol. The highest BCUT2D eigenvalue weighted by atomic mass is 15.0. The summed E-state index contributed by atoms with van der Waals surface area (Å²) >= 11 is 0. The zero-order valence-corrected chi connectivity index (χ0v) is 7.31. The summed E-state index contributed by atoms with van der Waals surface area (Å²) in [5, 5.41) is 0. The minimum atomic E-state index is 0.451. The monoisotopic (exact) mass is 141 g/mol. The van der Waals surface area contributed by atoms with Gasteiger partial charge in [-0.1, -0.05) is 20.4 Å². The van der Waals surface area contributed by atoms with Crippen molar-refractivity contribution >= 4 is 5.71 Å². The number of nitrogens with two attached hydrogens (primary N) is 1. The van der Waals surface area contributed by atoms with E-state index in [-0.39, 0.29) is 0 Å². The summed E-state index contributed by atoms with van der Waals surface area (Å²) in [5.41, 5.74) is 7.34. The summed E-state index contributed by atoms with van der Waals surface area (Å²) in [6.45, 7) is 7.91. The van der Waals surface area contributed by atoms with Gasteiger partial charge in [-0.2, -0.15) is 0 Å². The molecule has 0 fully saturated rings. The normalized spacial score (nSPS) is 9.70. The molecule has 0 rings (SSSR count). The Morgan fingerprint density at radius 3 is 1.80 bits per heavy atom. The van der Waals surface area contributed by atoms with Crippen molar-refractivity contribution in [3.8, 4) is 0 Å². The van der Waals surface area contributed by atoms with Crippen LogP contribution in [0.2, 0.25) is 0 Å². The van der Waals surface area contributed by atoms with Gasteiger partial charge in [0.25, 0.3) is 0 Å². The molecule has 2 nitrogen and oxygen atoms in total. The van der Waals surface area contributed by atoms with Crippen molar-refractivity contribution in [1.29, 1.82) is 0 Å². The van der Waals surface area contributed by atoms with Crippen LogP contribution in [0.3, 0.4) is 0 Å². The maximum absolute atomic E-state index is 5.57. The summed E-state index contributed by atoms with van der Waals surface area (Å²) in [6, 6.07) is 0. The third-order valence-corrected chi connectivity index (χ3v) is 1.36. The van der Waals surface area contributed by atoms with Crippen molar-refractivity contribution < 1.29 is 4.58 Å². The summed E-state index contributed by atoms with van der Waals surface area (Å²) in [4.78, 5) is 0. The molecule has 0 saturated heterocycles. The average Bonchev–Trinajstić information content (AvgIpc) is 1.59. The van der Waals surface area contributed by atoms with Gasteiger partial charge in [-0.3, -0.25) is 0 Å². The first-order valence-corrected chi connectivity index (χ1v) is 3.45. The third-order valence-electron chi connectivity index (χ3n) is 1.36. The van der Waals surface area contributed by atoms with Crippen LogP contribution in [0.1, 0.15) is 13.8 Å². The molecule has 0 aromatic carbocycles. The Morgan fingerprint density at radius 2 is 1.80 bits per heavy atom. The SMILES string of the molecule is C=C(N)C(C(C)C)=[N+](C)C. The Hall–Kier alpha value is -0.790. The van der Waals surface area contributed by atoms with Crippen LogP contribution in [-0.2, 0) is 0 Å². The fraction of sp³-hybridized carbons (Fsp3) is 0.625. The Balaban J connectivity index is 4.61. The second-order valence-corrected chi connectivity index (χ2v) is 2.96. The van der Waals surface area contributed by atoms with Crippen LogP contribution in [0.25, 0.3) is 0 Å². The van der Waals surface area contributed by atoms with Crippen molar-refractivity contribution in [2.45, 2.75) is 13.8 Å². The number of hydrogen-bond donors (Lipinski definition) is 1. The van der Waals surface area contributed by atoms with Crippen molar-refractivity contribution in [3.63, 3.8) is 0 Å². The number of hydrogen-bond acceptors (Lipinski definition) is 1. The van der Waals surface area contributed by atoms with Gasteiger partial charge < -0.3 is 5.73 Å². The molecule has 0 unspecified atom stereocenters. The number of rotatable bonds is 2. The van der Waals surface area contributed by atoms with Crippen molar-refractivity contribution in [3.05, 3.63) is 12.3 Å². The molecular weight excluding hydrogens is 124 g/mol. The lowest BCUT2D eigenvalue weighted by molar-refractivity contribution is -0.466. The first kappa shape index (κ1) is 9.21. The van der Waals surface area contributed by atoms with Crippen LogP contribution in [-0.4, -0.2) is 24.4 Å². The molecular formula is C8H17N2+. The van der Waals surface area contributed by atoms with E-state index in [9.17, 15) is 0 Å². The van der Waals surface area contributed by atoms with Crippen molar-refractivity contribution in [1.82, 2.24) is 0 Å². The molecule has 0 aliphatic carbocycles. The van der Waals surface area contributed by atoms with Gasteiger partial charge in [0.1, 0.15) is 14.1 Å². The molecule has 2 heteroatoms. The van der Waals surface area contributed by atoms with E-state index in [0.717, 1.165) is 5.71 Å². The molecule has 0 amide bonds. The molecule has 0 radical (unpaired) electrons. The van der Waals surface area contributed by atoms with E-state index in [1.54, 1.807) is 0 Å². The molecule has 0 atom stereocenters. The van der Waals surface area contributed by atoms with Gasteiger partial charge in [-0.15, -0.1) is 0 Å². The number of nitrogens with zero attached hydrogens (tertiary/aromatic N) is 1. The van der Waals surface area contributed by atoms with Crippen molar-refractivity contribution in [2.75, 3.05) is 14.1 Å². The van der Waals surface area contributed by atoms with E-state index in [2.05, 4.69) is 20.4 Å².